The minimum atomic E-state index is -4.55. The highest BCUT2D eigenvalue weighted by Gasteiger charge is 2.40. The van der Waals surface area contributed by atoms with E-state index in [1.165, 1.54) is 30.6 Å². The molecular weight excluding hydrogens is 463 g/mol. The van der Waals surface area contributed by atoms with E-state index in [4.69, 9.17) is 11.6 Å². The van der Waals surface area contributed by atoms with Crippen LogP contribution in [0.2, 0.25) is 5.15 Å². The van der Waals surface area contributed by atoms with E-state index in [1.54, 1.807) is 24.3 Å². The Morgan fingerprint density at radius 2 is 1.56 bits per heavy atom. The Hall–Kier alpha value is -3.71. The van der Waals surface area contributed by atoms with Crippen molar-refractivity contribution in [3.63, 3.8) is 0 Å². The van der Waals surface area contributed by atoms with Gasteiger partial charge < -0.3 is 5.32 Å². The van der Waals surface area contributed by atoms with Crippen LogP contribution in [0, 0.1) is 0 Å². The molecule has 1 atom stereocenters. The number of halogens is 4. The van der Waals surface area contributed by atoms with Crippen molar-refractivity contribution in [3.05, 3.63) is 130 Å². The number of hydrogen-bond acceptors (Lipinski definition) is 3. The number of amides is 1. The summed E-state index contributed by atoms with van der Waals surface area (Å²) in [6.07, 6.45) is -1.46. The standard InChI is InChI=1S/C26H19ClF3N3O/c27-23-15-19(12-14-32-23)24(34)33-25(22-11-4-5-13-31-22,17-18-7-2-1-3-8-18)20-9-6-10-21(16-20)26(28,29)30/h1-16H,17H2,(H,33,34). The van der Waals surface area contributed by atoms with E-state index < -0.39 is 23.2 Å². The van der Waals surface area contributed by atoms with E-state index in [0.29, 0.717) is 5.69 Å². The van der Waals surface area contributed by atoms with Crippen LogP contribution in [0.4, 0.5) is 13.2 Å². The molecule has 1 amide bonds. The molecule has 0 aliphatic rings. The smallest absolute Gasteiger partial charge is 0.337 e. The van der Waals surface area contributed by atoms with Crippen molar-refractivity contribution in [1.82, 2.24) is 15.3 Å². The molecule has 4 aromatic rings. The van der Waals surface area contributed by atoms with Crippen LogP contribution in [0.15, 0.2) is 97.3 Å². The molecule has 8 heteroatoms. The predicted molar refractivity (Wildman–Crippen MR) is 123 cm³/mol. The van der Waals surface area contributed by atoms with Crippen LogP contribution in [0.25, 0.3) is 0 Å². The number of rotatable bonds is 6. The van der Waals surface area contributed by atoms with Crippen molar-refractivity contribution >= 4 is 17.5 Å². The third-order valence-electron chi connectivity index (χ3n) is 5.41. The minimum Gasteiger partial charge on any atom is -0.337 e. The lowest BCUT2D eigenvalue weighted by atomic mass is 9.79. The average Bonchev–Trinajstić information content (AvgIpc) is 2.84. The Labute approximate surface area is 199 Å². The average molecular weight is 482 g/mol. The second-order valence-corrected chi connectivity index (χ2v) is 8.07. The minimum absolute atomic E-state index is 0.123. The fourth-order valence-corrected chi connectivity index (χ4v) is 3.98. The Morgan fingerprint density at radius 3 is 2.24 bits per heavy atom. The molecule has 4 rings (SSSR count). The van der Waals surface area contributed by atoms with Gasteiger partial charge in [0.15, 0.2) is 0 Å². The lowest BCUT2D eigenvalue weighted by molar-refractivity contribution is -0.137. The van der Waals surface area contributed by atoms with Crippen LogP contribution < -0.4 is 5.32 Å². The molecule has 34 heavy (non-hydrogen) atoms. The third-order valence-corrected chi connectivity index (χ3v) is 5.62. The van der Waals surface area contributed by atoms with Gasteiger partial charge in [-0.15, -0.1) is 0 Å². The quantitative estimate of drug-likeness (QED) is 0.340. The fraction of sp³-hybridized carbons (Fsp3) is 0.115. The summed E-state index contributed by atoms with van der Waals surface area (Å²) in [6, 6.07) is 22.1. The zero-order chi connectivity index (χ0) is 24.2. The maximum atomic E-state index is 13.6. The van der Waals surface area contributed by atoms with Crippen LogP contribution in [-0.4, -0.2) is 15.9 Å². The molecule has 1 N–H and O–H groups in total. The molecule has 0 fully saturated rings. The van der Waals surface area contributed by atoms with Crippen molar-refractivity contribution in [2.45, 2.75) is 18.1 Å². The first-order chi connectivity index (χ1) is 16.3. The lowest BCUT2D eigenvalue weighted by Gasteiger charge is -2.36. The molecule has 0 aliphatic heterocycles. The van der Waals surface area contributed by atoms with Gasteiger partial charge in [-0.25, -0.2) is 4.98 Å². The first-order valence-corrected chi connectivity index (χ1v) is 10.7. The number of pyridine rings is 2. The van der Waals surface area contributed by atoms with Crippen LogP contribution in [-0.2, 0) is 18.1 Å². The zero-order valence-corrected chi connectivity index (χ0v) is 18.5. The maximum Gasteiger partial charge on any atom is 0.416 e. The number of hydrogen-bond donors (Lipinski definition) is 1. The first kappa shape index (κ1) is 23.4. The van der Waals surface area contributed by atoms with Gasteiger partial charge in [0, 0.05) is 24.4 Å². The van der Waals surface area contributed by atoms with Crippen molar-refractivity contribution in [1.29, 1.82) is 0 Å². The van der Waals surface area contributed by atoms with Crippen LogP contribution >= 0.6 is 11.6 Å². The van der Waals surface area contributed by atoms with Gasteiger partial charge in [-0.1, -0.05) is 60.1 Å². The monoisotopic (exact) mass is 481 g/mol. The van der Waals surface area contributed by atoms with Crippen molar-refractivity contribution in [3.8, 4) is 0 Å². The highest BCUT2D eigenvalue weighted by atomic mass is 35.5. The van der Waals surface area contributed by atoms with E-state index >= 15 is 0 Å². The molecule has 2 aromatic heterocycles. The van der Waals surface area contributed by atoms with E-state index in [1.807, 2.05) is 30.3 Å². The zero-order valence-electron chi connectivity index (χ0n) is 17.8. The summed E-state index contributed by atoms with van der Waals surface area (Å²) in [5, 5.41) is 3.10. The first-order valence-electron chi connectivity index (χ1n) is 10.4. The number of nitrogens with zero attached hydrogens (tertiary/aromatic N) is 2. The van der Waals surface area contributed by atoms with Gasteiger partial charge in [-0.05, 0) is 47.5 Å². The van der Waals surface area contributed by atoms with Gasteiger partial charge in [-0.3, -0.25) is 9.78 Å². The second-order valence-electron chi connectivity index (χ2n) is 7.68. The van der Waals surface area contributed by atoms with E-state index in [2.05, 4.69) is 15.3 Å². The molecule has 0 saturated heterocycles. The molecule has 2 aromatic carbocycles. The Balaban J connectivity index is 1.93. The molecule has 0 saturated carbocycles. The third kappa shape index (κ3) is 5.10. The fourth-order valence-electron chi connectivity index (χ4n) is 3.81. The Kier molecular flexibility index (Phi) is 6.65. The van der Waals surface area contributed by atoms with E-state index in [9.17, 15) is 18.0 Å². The SMILES string of the molecule is O=C(NC(Cc1ccccc1)(c1cccc(C(F)(F)F)c1)c1ccccn1)c1ccnc(Cl)c1. The van der Waals surface area contributed by atoms with Gasteiger partial charge in [0.1, 0.15) is 10.7 Å². The number of carbonyl (C=O) groups is 1. The molecule has 4 nitrogen and oxygen atoms in total. The molecule has 0 bridgehead atoms. The van der Waals surface area contributed by atoms with Crippen LogP contribution in [0.3, 0.4) is 0 Å². The molecule has 0 aliphatic carbocycles. The summed E-state index contributed by atoms with van der Waals surface area (Å²) in [6.45, 7) is 0. The molecule has 2 heterocycles. The van der Waals surface area contributed by atoms with Gasteiger partial charge in [-0.2, -0.15) is 13.2 Å². The highest BCUT2D eigenvalue weighted by Crippen LogP contribution is 2.37. The largest absolute Gasteiger partial charge is 0.416 e. The van der Waals surface area contributed by atoms with Gasteiger partial charge in [0.2, 0.25) is 0 Å². The van der Waals surface area contributed by atoms with Crippen LogP contribution in [0.5, 0.6) is 0 Å². The van der Waals surface area contributed by atoms with Crippen molar-refractivity contribution in [2.75, 3.05) is 0 Å². The van der Waals surface area contributed by atoms with Crippen molar-refractivity contribution in [2.24, 2.45) is 0 Å². The van der Waals surface area contributed by atoms with Gasteiger partial charge >= 0.3 is 6.18 Å². The number of nitrogens with one attached hydrogen (secondary N) is 1. The summed E-state index contributed by atoms with van der Waals surface area (Å²) in [7, 11) is 0. The van der Waals surface area contributed by atoms with Crippen molar-refractivity contribution < 1.29 is 18.0 Å². The molecule has 0 spiro atoms. The molecular formula is C26H19ClF3N3O. The number of carbonyl (C=O) groups excluding carboxylic acids is 1. The second kappa shape index (κ2) is 9.65. The normalized spacial score (nSPS) is 13.2. The highest BCUT2D eigenvalue weighted by molar-refractivity contribution is 6.29. The number of alkyl halides is 3. The summed E-state index contributed by atoms with van der Waals surface area (Å²) in [4.78, 5) is 21.7. The molecule has 172 valence electrons. The predicted octanol–water partition coefficient (Wildman–Crippen LogP) is 6.07. The number of aromatic nitrogens is 2. The summed E-state index contributed by atoms with van der Waals surface area (Å²) < 4.78 is 40.9. The van der Waals surface area contributed by atoms with Gasteiger partial charge in [0.05, 0.1) is 11.3 Å². The summed E-state index contributed by atoms with van der Waals surface area (Å²) >= 11 is 5.97. The maximum absolute atomic E-state index is 13.6. The summed E-state index contributed by atoms with van der Waals surface area (Å²) in [5.74, 6) is -0.525. The van der Waals surface area contributed by atoms with Gasteiger partial charge in [0.25, 0.3) is 5.91 Å². The Morgan fingerprint density at radius 1 is 0.824 bits per heavy atom. The molecule has 1 unspecified atom stereocenters. The number of benzene rings is 2. The molecule has 0 radical (unpaired) electrons. The Bertz CT molecular complexity index is 1280. The van der Waals surface area contributed by atoms with E-state index in [-0.39, 0.29) is 22.7 Å². The summed E-state index contributed by atoms with van der Waals surface area (Å²) in [5.41, 5.74) is -0.555. The lowest BCUT2D eigenvalue weighted by Crippen LogP contribution is -2.49. The topological polar surface area (TPSA) is 54.9 Å². The van der Waals surface area contributed by atoms with Crippen LogP contribution in [0.1, 0.15) is 32.7 Å². The van der Waals surface area contributed by atoms with E-state index in [0.717, 1.165) is 17.7 Å².